The summed E-state index contributed by atoms with van der Waals surface area (Å²) in [7, 11) is 4.60. The SMILES string of the molecule is C=CCCOc1cccc(-c2nn(C)cc2C(=O)N[C@@H](CC=C)C(=O)N(C)OC)c1. The molecule has 8 heteroatoms. The van der Waals surface area contributed by atoms with Crippen LogP contribution in [-0.4, -0.2) is 53.5 Å². The Labute approximate surface area is 176 Å². The number of likely N-dealkylation sites (N-methyl/N-ethyl adjacent to an activating group) is 1. The van der Waals surface area contributed by atoms with Gasteiger partial charge >= 0.3 is 0 Å². The molecule has 1 aromatic heterocycles. The molecule has 0 aliphatic rings. The molecule has 160 valence electrons. The van der Waals surface area contributed by atoms with Gasteiger partial charge in [-0.3, -0.25) is 19.1 Å². The van der Waals surface area contributed by atoms with Crippen LogP contribution in [0.25, 0.3) is 11.3 Å². The van der Waals surface area contributed by atoms with Crippen LogP contribution in [0.3, 0.4) is 0 Å². The third-order valence-corrected chi connectivity index (χ3v) is 4.36. The summed E-state index contributed by atoms with van der Waals surface area (Å²) in [6.07, 6.45) is 5.97. The third-order valence-electron chi connectivity index (χ3n) is 4.36. The first kappa shape index (κ1) is 22.9. The molecule has 0 aliphatic heterocycles. The van der Waals surface area contributed by atoms with Crippen molar-refractivity contribution < 1.29 is 19.2 Å². The highest BCUT2D eigenvalue weighted by atomic mass is 16.7. The number of carbonyl (C=O) groups excluding carboxylic acids is 2. The number of hydroxylamine groups is 2. The number of rotatable bonds is 11. The highest BCUT2D eigenvalue weighted by Gasteiger charge is 2.26. The van der Waals surface area contributed by atoms with Gasteiger partial charge in [0.15, 0.2) is 0 Å². The molecule has 0 radical (unpaired) electrons. The Kier molecular flexibility index (Phi) is 8.37. The lowest BCUT2D eigenvalue weighted by atomic mass is 10.1. The number of nitrogens with zero attached hydrogens (tertiary/aromatic N) is 3. The Morgan fingerprint density at radius 2 is 2.10 bits per heavy atom. The number of aromatic nitrogens is 2. The predicted octanol–water partition coefficient (Wildman–Crippen LogP) is 2.74. The van der Waals surface area contributed by atoms with E-state index in [2.05, 4.69) is 23.6 Å². The Morgan fingerprint density at radius 3 is 2.77 bits per heavy atom. The van der Waals surface area contributed by atoms with Crippen LogP contribution < -0.4 is 10.1 Å². The molecule has 0 fully saturated rings. The number of benzene rings is 1. The Hall–Kier alpha value is -3.39. The van der Waals surface area contributed by atoms with Crippen LogP contribution in [0.4, 0.5) is 0 Å². The molecule has 1 heterocycles. The normalized spacial score (nSPS) is 11.4. The van der Waals surface area contributed by atoms with E-state index in [1.54, 1.807) is 30.1 Å². The topological polar surface area (TPSA) is 85.7 Å². The molecule has 0 aliphatic carbocycles. The summed E-state index contributed by atoms with van der Waals surface area (Å²) in [4.78, 5) is 30.4. The van der Waals surface area contributed by atoms with Crippen LogP contribution in [0.5, 0.6) is 5.75 Å². The van der Waals surface area contributed by atoms with Gasteiger partial charge in [0.1, 0.15) is 17.5 Å². The number of hydrogen-bond acceptors (Lipinski definition) is 5. The van der Waals surface area contributed by atoms with Gasteiger partial charge in [-0.15, -0.1) is 13.2 Å². The van der Waals surface area contributed by atoms with E-state index < -0.39 is 11.9 Å². The summed E-state index contributed by atoms with van der Waals surface area (Å²) in [6.45, 7) is 7.85. The minimum atomic E-state index is -0.804. The lowest BCUT2D eigenvalue weighted by Crippen LogP contribution is -2.46. The van der Waals surface area contributed by atoms with Gasteiger partial charge < -0.3 is 10.1 Å². The van der Waals surface area contributed by atoms with Gasteiger partial charge in [-0.1, -0.05) is 24.3 Å². The van der Waals surface area contributed by atoms with Crippen molar-refractivity contribution >= 4 is 11.8 Å². The fourth-order valence-electron chi connectivity index (χ4n) is 2.79. The first-order valence-corrected chi connectivity index (χ1v) is 9.52. The van der Waals surface area contributed by atoms with Gasteiger partial charge in [0, 0.05) is 25.9 Å². The molecule has 0 saturated heterocycles. The van der Waals surface area contributed by atoms with Crippen LogP contribution in [0.1, 0.15) is 23.2 Å². The van der Waals surface area contributed by atoms with Crippen molar-refractivity contribution in [3.63, 3.8) is 0 Å². The first-order chi connectivity index (χ1) is 14.4. The number of amides is 2. The highest BCUT2D eigenvalue weighted by Crippen LogP contribution is 2.26. The van der Waals surface area contributed by atoms with Crippen LogP contribution in [0.2, 0.25) is 0 Å². The number of hydrogen-bond donors (Lipinski definition) is 1. The zero-order valence-electron chi connectivity index (χ0n) is 17.6. The van der Waals surface area contributed by atoms with E-state index in [1.807, 2.05) is 24.3 Å². The summed E-state index contributed by atoms with van der Waals surface area (Å²) in [6, 6.07) is 6.56. The van der Waals surface area contributed by atoms with E-state index >= 15 is 0 Å². The van der Waals surface area contributed by atoms with E-state index in [1.165, 1.54) is 14.2 Å². The zero-order chi connectivity index (χ0) is 22.1. The Bertz CT molecular complexity index is 906. The fourth-order valence-corrected chi connectivity index (χ4v) is 2.79. The van der Waals surface area contributed by atoms with Crippen LogP contribution in [-0.2, 0) is 16.7 Å². The standard InChI is InChI=1S/C22H28N4O4/c1-6-8-13-30-17-12-9-11-16(14-17)20-18(15-25(3)24-20)21(27)23-19(10-7-2)22(28)26(4)29-5/h6-7,9,11-12,14-15,19H,1-2,8,10,13H2,3-5H3,(H,23,27)/t19-/m0/s1. The fraction of sp³-hybridized carbons (Fsp3) is 0.318. The molecule has 2 aromatic rings. The molecule has 2 rings (SSSR count). The second kappa shape index (κ2) is 11.0. The molecule has 1 atom stereocenters. The second-order valence-electron chi connectivity index (χ2n) is 6.59. The molecule has 30 heavy (non-hydrogen) atoms. The molecule has 1 N–H and O–H groups in total. The zero-order valence-corrected chi connectivity index (χ0v) is 17.6. The van der Waals surface area contributed by atoms with Crippen molar-refractivity contribution in [2.24, 2.45) is 7.05 Å². The molecule has 0 saturated carbocycles. The summed E-state index contributed by atoms with van der Waals surface area (Å²) in [5.41, 5.74) is 1.58. The van der Waals surface area contributed by atoms with Crippen LogP contribution >= 0.6 is 0 Å². The van der Waals surface area contributed by atoms with Crippen molar-refractivity contribution in [3.8, 4) is 17.0 Å². The summed E-state index contributed by atoms with van der Waals surface area (Å²) < 4.78 is 7.26. The van der Waals surface area contributed by atoms with Crippen molar-refractivity contribution in [1.82, 2.24) is 20.2 Å². The highest BCUT2D eigenvalue weighted by molar-refractivity contribution is 6.02. The molecule has 2 amide bonds. The first-order valence-electron chi connectivity index (χ1n) is 9.52. The smallest absolute Gasteiger partial charge is 0.268 e. The van der Waals surface area contributed by atoms with Crippen molar-refractivity contribution in [1.29, 1.82) is 0 Å². The van der Waals surface area contributed by atoms with Crippen molar-refractivity contribution in [2.45, 2.75) is 18.9 Å². The van der Waals surface area contributed by atoms with Gasteiger partial charge in [-0.2, -0.15) is 5.10 Å². The average Bonchev–Trinajstić information content (AvgIpc) is 3.14. The molecular formula is C22H28N4O4. The maximum Gasteiger partial charge on any atom is 0.268 e. The Morgan fingerprint density at radius 1 is 1.33 bits per heavy atom. The summed E-state index contributed by atoms with van der Waals surface area (Å²) in [5.74, 6) is -0.123. The monoisotopic (exact) mass is 412 g/mol. The Balaban J connectivity index is 2.28. The van der Waals surface area contributed by atoms with Gasteiger partial charge in [-0.25, -0.2) is 5.06 Å². The quantitative estimate of drug-likeness (QED) is 0.348. The molecule has 0 spiro atoms. The van der Waals surface area contributed by atoms with Crippen molar-refractivity contribution in [2.75, 3.05) is 20.8 Å². The largest absolute Gasteiger partial charge is 0.493 e. The molecule has 1 aromatic carbocycles. The summed E-state index contributed by atoms with van der Waals surface area (Å²) in [5, 5.41) is 8.26. The number of carbonyl (C=O) groups is 2. The molecule has 8 nitrogen and oxygen atoms in total. The molecular weight excluding hydrogens is 384 g/mol. The third kappa shape index (κ3) is 5.81. The van der Waals surface area contributed by atoms with Gasteiger partial charge in [0.2, 0.25) is 0 Å². The molecule has 0 bridgehead atoms. The van der Waals surface area contributed by atoms with Gasteiger partial charge in [-0.05, 0) is 25.0 Å². The number of aryl methyl sites for hydroxylation is 1. The average molecular weight is 412 g/mol. The number of nitrogens with one attached hydrogen (secondary N) is 1. The predicted molar refractivity (Wildman–Crippen MR) is 115 cm³/mol. The van der Waals surface area contributed by atoms with E-state index in [9.17, 15) is 9.59 Å². The summed E-state index contributed by atoms with van der Waals surface area (Å²) >= 11 is 0. The minimum Gasteiger partial charge on any atom is -0.493 e. The van der Waals surface area contributed by atoms with Crippen LogP contribution in [0.15, 0.2) is 55.8 Å². The van der Waals surface area contributed by atoms with E-state index in [0.29, 0.717) is 23.6 Å². The maximum atomic E-state index is 13.0. The van der Waals surface area contributed by atoms with E-state index in [-0.39, 0.29) is 12.3 Å². The van der Waals surface area contributed by atoms with Crippen molar-refractivity contribution in [3.05, 3.63) is 61.3 Å². The lowest BCUT2D eigenvalue weighted by Gasteiger charge is -2.21. The number of ether oxygens (including phenoxy) is 1. The maximum absolute atomic E-state index is 13.0. The van der Waals surface area contributed by atoms with E-state index in [4.69, 9.17) is 9.57 Å². The lowest BCUT2D eigenvalue weighted by molar-refractivity contribution is -0.170. The van der Waals surface area contributed by atoms with Gasteiger partial charge in [0.25, 0.3) is 11.8 Å². The van der Waals surface area contributed by atoms with Crippen LogP contribution in [0, 0.1) is 0 Å². The molecule has 0 unspecified atom stereocenters. The minimum absolute atomic E-state index is 0.264. The van der Waals surface area contributed by atoms with E-state index in [0.717, 1.165) is 17.0 Å². The second-order valence-corrected chi connectivity index (χ2v) is 6.59. The van der Waals surface area contributed by atoms with Gasteiger partial charge in [0.05, 0.1) is 19.3 Å².